The number of hydrogen-bond donors (Lipinski definition) is 1. The fourth-order valence-electron chi connectivity index (χ4n) is 2.86. The second-order valence-corrected chi connectivity index (χ2v) is 5.81. The Labute approximate surface area is 149 Å². The molecule has 132 valence electrons. The predicted octanol–water partition coefficient (Wildman–Crippen LogP) is 1.92. The number of carbonyl (C=O) groups excluding carboxylic acids is 1. The molecule has 4 rings (SSSR count). The maximum atomic E-state index is 12.6. The molecule has 0 radical (unpaired) electrons. The van der Waals surface area contributed by atoms with Crippen LogP contribution in [0.25, 0.3) is 5.82 Å². The van der Waals surface area contributed by atoms with E-state index < -0.39 is 0 Å². The molecule has 0 fully saturated rings. The minimum Gasteiger partial charge on any atom is -0.497 e. The highest BCUT2D eigenvalue weighted by Gasteiger charge is 2.24. The van der Waals surface area contributed by atoms with Crippen molar-refractivity contribution in [3.8, 4) is 17.3 Å². The van der Waals surface area contributed by atoms with Crippen molar-refractivity contribution in [2.45, 2.75) is 12.5 Å². The lowest BCUT2D eigenvalue weighted by molar-refractivity contribution is 0.0918. The van der Waals surface area contributed by atoms with Crippen LogP contribution in [0.1, 0.15) is 28.5 Å². The van der Waals surface area contributed by atoms with E-state index in [2.05, 4.69) is 20.5 Å². The van der Waals surface area contributed by atoms with Crippen LogP contribution in [-0.2, 0) is 0 Å². The number of fused-ring (bicyclic) bond motifs is 1. The zero-order chi connectivity index (χ0) is 17.9. The zero-order valence-corrected chi connectivity index (χ0v) is 14.1. The van der Waals surface area contributed by atoms with Gasteiger partial charge in [-0.1, -0.05) is 0 Å². The second-order valence-electron chi connectivity index (χ2n) is 5.81. The first-order chi connectivity index (χ1) is 12.7. The van der Waals surface area contributed by atoms with Crippen LogP contribution in [0.2, 0.25) is 0 Å². The number of nitrogens with zero attached hydrogens (tertiary/aromatic N) is 4. The molecule has 0 bridgehead atoms. The lowest BCUT2D eigenvalue weighted by atomic mass is 10.00. The van der Waals surface area contributed by atoms with E-state index in [-0.39, 0.29) is 17.6 Å². The molecule has 8 heteroatoms. The molecular formula is C18H17N5O3. The molecule has 1 aromatic carbocycles. The molecule has 0 saturated carbocycles. The van der Waals surface area contributed by atoms with Crippen molar-refractivity contribution in [3.63, 3.8) is 0 Å². The molecule has 0 saturated heterocycles. The number of carbonyl (C=O) groups is 1. The van der Waals surface area contributed by atoms with E-state index in [0.29, 0.717) is 18.8 Å². The minimum absolute atomic E-state index is 0.170. The van der Waals surface area contributed by atoms with Crippen LogP contribution in [0.3, 0.4) is 0 Å². The van der Waals surface area contributed by atoms with Crippen molar-refractivity contribution < 1.29 is 14.3 Å². The van der Waals surface area contributed by atoms with Gasteiger partial charge in [0.15, 0.2) is 11.5 Å². The number of aromatic nitrogens is 4. The van der Waals surface area contributed by atoms with Gasteiger partial charge in [0, 0.05) is 24.4 Å². The van der Waals surface area contributed by atoms with E-state index in [1.165, 1.54) is 0 Å². The lowest BCUT2D eigenvalue weighted by Gasteiger charge is -2.27. The van der Waals surface area contributed by atoms with E-state index in [0.717, 1.165) is 17.1 Å². The molecule has 1 amide bonds. The summed E-state index contributed by atoms with van der Waals surface area (Å²) in [6.45, 7) is 0.537. The summed E-state index contributed by atoms with van der Waals surface area (Å²) in [7, 11) is 1.61. The summed E-state index contributed by atoms with van der Waals surface area (Å²) >= 11 is 0. The Morgan fingerprint density at radius 2 is 2.23 bits per heavy atom. The summed E-state index contributed by atoms with van der Waals surface area (Å²) in [5.74, 6) is 1.79. The first-order valence-corrected chi connectivity index (χ1v) is 8.18. The highest BCUT2D eigenvalue weighted by molar-refractivity contribution is 5.92. The van der Waals surface area contributed by atoms with Gasteiger partial charge in [-0.3, -0.25) is 9.36 Å². The quantitative estimate of drug-likeness (QED) is 0.772. The van der Waals surface area contributed by atoms with Gasteiger partial charge in [-0.2, -0.15) is 0 Å². The number of ether oxygens (including phenoxy) is 2. The van der Waals surface area contributed by atoms with Crippen LogP contribution in [0.4, 0.5) is 0 Å². The molecule has 1 aliphatic heterocycles. The highest BCUT2D eigenvalue weighted by atomic mass is 16.5. The van der Waals surface area contributed by atoms with Gasteiger partial charge >= 0.3 is 0 Å². The van der Waals surface area contributed by atoms with E-state index in [1.807, 2.05) is 18.2 Å². The van der Waals surface area contributed by atoms with Crippen molar-refractivity contribution in [1.29, 1.82) is 0 Å². The normalized spacial score (nSPS) is 15.7. The third-order valence-corrected chi connectivity index (χ3v) is 4.21. The molecule has 0 aliphatic carbocycles. The Morgan fingerprint density at radius 3 is 2.96 bits per heavy atom. The lowest BCUT2D eigenvalue weighted by Crippen LogP contribution is -2.32. The van der Waals surface area contributed by atoms with E-state index in [9.17, 15) is 4.79 Å². The molecule has 26 heavy (non-hydrogen) atoms. The van der Waals surface area contributed by atoms with Crippen LogP contribution >= 0.6 is 0 Å². The Balaban J connectivity index is 1.52. The standard InChI is InChI=1S/C18H17N5O3/c1-25-12-2-4-16-13(10-12)14(6-9-26-16)20-18(24)15-3-5-17(22-21-15)23-8-7-19-11-23/h2-5,7-8,10-11,14H,6,9H2,1H3,(H,20,24)/t14-/m0/s1. The number of benzene rings is 1. The maximum absolute atomic E-state index is 12.6. The van der Waals surface area contributed by atoms with Gasteiger partial charge in [0.25, 0.3) is 5.91 Å². The van der Waals surface area contributed by atoms with Crippen LogP contribution in [0.15, 0.2) is 49.1 Å². The van der Waals surface area contributed by atoms with E-state index >= 15 is 0 Å². The maximum Gasteiger partial charge on any atom is 0.272 e. The van der Waals surface area contributed by atoms with Crippen LogP contribution in [-0.4, -0.2) is 39.4 Å². The monoisotopic (exact) mass is 351 g/mol. The van der Waals surface area contributed by atoms with Gasteiger partial charge in [-0.25, -0.2) is 4.98 Å². The molecule has 3 aromatic rings. The van der Waals surface area contributed by atoms with Gasteiger partial charge in [0.05, 0.1) is 19.8 Å². The summed E-state index contributed by atoms with van der Waals surface area (Å²) in [6, 6.07) is 8.77. The first-order valence-electron chi connectivity index (χ1n) is 8.18. The average molecular weight is 351 g/mol. The fourth-order valence-corrected chi connectivity index (χ4v) is 2.86. The summed E-state index contributed by atoms with van der Waals surface area (Å²) in [4.78, 5) is 16.5. The van der Waals surface area contributed by atoms with Gasteiger partial charge in [0.2, 0.25) is 0 Å². The summed E-state index contributed by atoms with van der Waals surface area (Å²) in [5, 5.41) is 11.1. The van der Waals surface area contributed by atoms with Crippen molar-refractivity contribution in [1.82, 2.24) is 25.1 Å². The number of nitrogens with one attached hydrogen (secondary N) is 1. The van der Waals surface area contributed by atoms with Crippen molar-refractivity contribution in [3.05, 3.63) is 60.3 Å². The average Bonchev–Trinajstić information content (AvgIpc) is 3.23. The van der Waals surface area contributed by atoms with Crippen LogP contribution in [0.5, 0.6) is 11.5 Å². The van der Waals surface area contributed by atoms with E-state index in [4.69, 9.17) is 9.47 Å². The van der Waals surface area contributed by atoms with Crippen molar-refractivity contribution >= 4 is 5.91 Å². The molecule has 1 atom stereocenters. The highest BCUT2D eigenvalue weighted by Crippen LogP contribution is 2.34. The predicted molar refractivity (Wildman–Crippen MR) is 92.5 cm³/mol. The van der Waals surface area contributed by atoms with Crippen molar-refractivity contribution in [2.24, 2.45) is 0 Å². The number of amides is 1. The Hall–Kier alpha value is -3.42. The molecule has 1 aliphatic rings. The van der Waals surface area contributed by atoms with E-state index in [1.54, 1.807) is 42.5 Å². The Bertz CT molecular complexity index is 909. The Morgan fingerprint density at radius 1 is 1.31 bits per heavy atom. The van der Waals surface area contributed by atoms with Gasteiger partial charge in [-0.15, -0.1) is 10.2 Å². The molecule has 8 nitrogen and oxygen atoms in total. The first kappa shape index (κ1) is 16.1. The Kier molecular flexibility index (Phi) is 4.22. The largest absolute Gasteiger partial charge is 0.497 e. The van der Waals surface area contributed by atoms with Gasteiger partial charge in [0.1, 0.15) is 17.8 Å². The molecule has 0 spiro atoms. The number of rotatable bonds is 4. The van der Waals surface area contributed by atoms with Crippen LogP contribution in [0, 0.1) is 0 Å². The molecule has 0 unspecified atom stereocenters. The molecule has 2 aromatic heterocycles. The smallest absolute Gasteiger partial charge is 0.272 e. The number of imidazole rings is 1. The third kappa shape index (κ3) is 3.08. The molecule has 1 N–H and O–H groups in total. The summed E-state index contributed by atoms with van der Waals surface area (Å²) in [5.41, 5.74) is 1.15. The zero-order valence-electron chi connectivity index (χ0n) is 14.1. The van der Waals surface area contributed by atoms with Crippen LogP contribution < -0.4 is 14.8 Å². The molecule has 3 heterocycles. The number of methoxy groups -OCH3 is 1. The van der Waals surface area contributed by atoms with Crippen molar-refractivity contribution in [2.75, 3.05) is 13.7 Å². The molecular weight excluding hydrogens is 334 g/mol. The minimum atomic E-state index is -0.282. The summed E-state index contributed by atoms with van der Waals surface area (Å²) in [6.07, 6.45) is 5.71. The topological polar surface area (TPSA) is 91.2 Å². The number of hydrogen-bond acceptors (Lipinski definition) is 6. The SMILES string of the molecule is COc1ccc2c(c1)[C@@H](NC(=O)c1ccc(-n3ccnc3)nn1)CCO2. The van der Waals surface area contributed by atoms with Gasteiger partial charge in [-0.05, 0) is 30.3 Å². The van der Waals surface area contributed by atoms with Gasteiger partial charge < -0.3 is 14.8 Å². The third-order valence-electron chi connectivity index (χ3n) is 4.21. The fraction of sp³-hybridized carbons (Fsp3) is 0.222. The second kappa shape index (κ2) is 6.83. The summed E-state index contributed by atoms with van der Waals surface area (Å²) < 4.78 is 12.6.